The molecule has 0 bridgehead atoms. The van der Waals surface area contributed by atoms with Gasteiger partial charge in [-0.25, -0.2) is 19.2 Å². The Kier molecular flexibility index (Phi) is 10.5. The number of carbonyl (C=O) groups is 4. The number of benzene rings is 2. The van der Waals surface area contributed by atoms with E-state index in [1.165, 1.54) is 64.8 Å². The highest BCUT2D eigenvalue weighted by Crippen LogP contribution is 2.21. The fourth-order valence-electron chi connectivity index (χ4n) is 2.90. The first-order valence-electron chi connectivity index (χ1n) is 10.3. The topological polar surface area (TPSA) is 133 Å². The minimum atomic E-state index is -0.695. The van der Waals surface area contributed by atoms with Crippen molar-refractivity contribution in [2.24, 2.45) is 0 Å². The minimum absolute atomic E-state index is 0.0238. The van der Waals surface area contributed by atoms with Crippen molar-refractivity contribution in [2.75, 3.05) is 54.9 Å². The summed E-state index contributed by atoms with van der Waals surface area (Å²) in [6.07, 6.45) is 0. The van der Waals surface area contributed by atoms with Crippen molar-refractivity contribution in [2.45, 2.75) is 0 Å². The van der Waals surface area contributed by atoms with Crippen molar-refractivity contribution in [3.8, 4) is 11.5 Å². The molecule has 0 aliphatic rings. The minimum Gasteiger partial charge on any atom is -0.491 e. The molecule has 0 heterocycles. The van der Waals surface area contributed by atoms with Crippen molar-refractivity contribution in [1.82, 2.24) is 0 Å². The summed E-state index contributed by atoms with van der Waals surface area (Å²) in [4.78, 5) is 47.5. The number of carbonyl (C=O) groups excluding carboxylic acids is 4. The number of hydrogen-bond donors (Lipinski definition) is 0. The summed E-state index contributed by atoms with van der Waals surface area (Å²) < 4.78 is 35.3. The Morgan fingerprint density at radius 3 is 1.20 bits per heavy atom. The average molecular weight is 490 g/mol. The van der Waals surface area contributed by atoms with Crippen LogP contribution in [0.1, 0.15) is 41.4 Å². The molecular weight excluding hydrogens is 464 g/mol. The van der Waals surface area contributed by atoms with E-state index in [1.54, 1.807) is 0 Å². The average Bonchev–Trinajstić information content (AvgIpc) is 2.90. The Balaban J connectivity index is 1.83. The van der Waals surface area contributed by atoms with Gasteiger partial charge in [0, 0.05) is 0 Å². The van der Waals surface area contributed by atoms with E-state index in [0.29, 0.717) is 11.5 Å². The second-order valence-electron chi connectivity index (χ2n) is 6.69. The fourth-order valence-corrected chi connectivity index (χ4v) is 2.90. The van der Waals surface area contributed by atoms with E-state index in [1.807, 2.05) is 0 Å². The van der Waals surface area contributed by atoms with Crippen LogP contribution in [0.25, 0.3) is 0 Å². The lowest BCUT2D eigenvalue weighted by Crippen LogP contribution is -2.14. The van der Waals surface area contributed by atoms with Gasteiger partial charge in [0.15, 0.2) is 0 Å². The monoisotopic (exact) mass is 490 g/mol. The van der Waals surface area contributed by atoms with Crippen molar-refractivity contribution in [3.63, 3.8) is 0 Å². The molecule has 11 nitrogen and oxygen atoms in total. The van der Waals surface area contributed by atoms with E-state index in [4.69, 9.17) is 23.7 Å². The number of ether oxygens (including phenoxy) is 7. The van der Waals surface area contributed by atoms with Gasteiger partial charge in [-0.3, -0.25) is 0 Å². The van der Waals surface area contributed by atoms with Crippen molar-refractivity contribution < 1.29 is 52.3 Å². The molecule has 0 unspecified atom stereocenters. The molecule has 0 N–H and O–H groups in total. The van der Waals surface area contributed by atoms with Crippen LogP contribution in [0.5, 0.6) is 11.5 Å². The van der Waals surface area contributed by atoms with Gasteiger partial charge in [0.05, 0.1) is 63.9 Å². The Hall–Kier alpha value is -4.12. The van der Waals surface area contributed by atoms with E-state index >= 15 is 0 Å². The molecule has 0 fully saturated rings. The smallest absolute Gasteiger partial charge is 0.338 e. The zero-order valence-electron chi connectivity index (χ0n) is 19.8. The first-order valence-corrected chi connectivity index (χ1v) is 10.3. The Bertz CT molecular complexity index is 978. The van der Waals surface area contributed by atoms with E-state index in [0.717, 1.165) is 0 Å². The Morgan fingerprint density at radius 1 is 0.514 bits per heavy atom. The maximum atomic E-state index is 11.9. The molecule has 0 saturated heterocycles. The third-order valence-electron chi connectivity index (χ3n) is 4.60. The number of hydrogen-bond acceptors (Lipinski definition) is 11. The molecule has 0 aromatic heterocycles. The zero-order chi connectivity index (χ0) is 25.8. The summed E-state index contributed by atoms with van der Waals surface area (Å²) >= 11 is 0. The Labute approximate surface area is 201 Å². The molecule has 0 saturated carbocycles. The molecule has 0 radical (unpaired) electrons. The summed E-state index contributed by atoms with van der Waals surface area (Å²) in [7, 11) is 4.84. The standard InChI is InChI=1S/C24H26O11/c1-29-21(25)17-7-5-15(13-19(17)23(27)31-3)34-11-9-33-10-12-35-16-6-8-18(22(26)30-2)20(14-16)24(28)32-4/h5-8,13-14H,9-12H2,1-4H3. The normalized spacial score (nSPS) is 10.2. The fraction of sp³-hybridized carbons (Fsp3) is 0.333. The molecule has 2 aromatic rings. The van der Waals surface area contributed by atoms with Crippen LogP contribution in [0.15, 0.2) is 36.4 Å². The van der Waals surface area contributed by atoms with Gasteiger partial charge in [-0.1, -0.05) is 0 Å². The third kappa shape index (κ3) is 7.44. The van der Waals surface area contributed by atoms with Crippen molar-refractivity contribution >= 4 is 23.9 Å². The predicted octanol–water partition coefficient (Wildman–Crippen LogP) is 2.31. The predicted molar refractivity (Wildman–Crippen MR) is 120 cm³/mol. The zero-order valence-corrected chi connectivity index (χ0v) is 19.8. The van der Waals surface area contributed by atoms with Crippen molar-refractivity contribution in [1.29, 1.82) is 0 Å². The highest BCUT2D eigenvalue weighted by molar-refractivity contribution is 6.04. The molecule has 0 spiro atoms. The van der Waals surface area contributed by atoms with Gasteiger partial charge in [-0.15, -0.1) is 0 Å². The third-order valence-corrected chi connectivity index (χ3v) is 4.60. The number of methoxy groups -OCH3 is 4. The summed E-state index contributed by atoms with van der Waals surface area (Å²) in [5.41, 5.74) is 0.177. The number of esters is 4. The summed E-state index contributed by atoms with van der Waals surface area (Å²) in [5, 5.41) is 0. The molecule has 35 heavy (non-hydrogen) atoms. The first kappa shape index (κ1) is 27.1. The molecule has 0 aliphatic heterocycles. The lowest BCUT2D eigenvalue weighted by atomic mass is 10.1. The summed E-state index contributed by atoms with van der Waals surface area (Å²) in [6.45, 7) is 0.756. The number of rotatable bonds is 12. The highest BCUT2D eigenvalue weighted by atomic mass is 16.6. The second-order valence-corrected chi connectivity index (χ2v) is 6.69. The molecule has 0 amide bonds. The van der Waals surface area contributed by atoms with Gasteiger partial charge in [0.1, 0.15) is 24.7 Å². The van der Waals surface area contributed by atoms with Gasteiger partial charge >= 0.3 is 23.9 Å². The molecule has 0 atom stereocenters. The maximum absolute atomic E-state index is 11.9. The van der Waals surface area contributed by atoms with E-state index < -0.39 is 23.9 Å². The molecule has 0 aliphatic carbocycles. The van der Waals surface area contributed by atoms with Gasteiger partial charge in [-0.2, -0.15) is 0 Å². The van der Waals surface area contributed by atoms with E-state index in [9.17, 15) is 19.2 Å². The quantitative estimate of drug-likeness (QED) is 0.246. The van der Waals surface area contributed by atoms with E-state index in [-0.39, 0.29) is 48.7 Å². The van der Waals surface area contributed by atoms with Gasteiger partial charge < -0.3 is 33.2 Å². The van der Waals surface area contributed by atoms with Crippen LogP contribution < -0.4 is 9.47 Å². The van der Waals surface area contributed by atoms with Crippen LogP contribution in [0.4, 0.5) is 0 Å². The van der Waals surface area contributed by atoms with Crippen molar-refractivity contribution in [3.05, 3.63) is 58.7 Å². The lowest BCUT2D eigenvalue weighted by molar-refractivity contribution is 0.0553. The van der Waals surface area contributed by atoms with Crippen LogP contribution in [0, 0.1) is 0 Å². The second kappa shape index (κ2) is 13.6. The molecule has 11 heteroatoms. The first-order chi connectivity index (χ1) is 16.9. The van der Waals surface area contributed by atoms with Gasteiger partial charge in [0.25, 0.3) is 0 Å². The van der Waals surface area contributed by atoms with Crippen LogP contribution in [-0.4, -0.2) is 78.7 Å². The van der Waals surface area contributed by atoms with Gasteiger partial charge in [0.2, 0.25) is 0 Å². The summed E-state index contributed by atoms with van der Waals surface area (Å²) in [5.74, 6) is -2.03. The SMILES string of the molecule is COC(=O)c1ccc(OCCOCCOc2ccc(C(=O)OC)c(C(=O)OC)c2)cc1C(=O)OC. The molecule has 2 rings (SSSR count). The highest BCUT2D eigenvalue weighted by Gasteiger charge is 2.20. The Morgan fingerprint density at radius 2 is 0.857 bits per heavy atom. The summed E-state index contributed by atoms with van der Waals surface area (Å²) in [6, 6.07) is 8.65. The van der Waals surface area contributed by atoms with Crippen LogP contribution in [0.3, 0.4) is 0 Å². The lowest BCUT2D eigenvalue weighted by Gasteiger charge is -2.12. The molecular formula is C24H26O11. The maximum Gasteiger partial charge on any atom is 0.338 e. The molecule has 188 valence electrons. The van der Waals surface area contributed by atoms with E-state index in [2.05, 4.69) is 9.47 Å². The molecule has 2 aromatic carbocycles. The van der Waals surface area contributed by atoms with Crippen LogP contribution >= 0.6 is 0 Å². The van der Waals surface area contributed by atoms with Crippen LogP contribution in [-0.2, 0) is 23.7 Å². The largest absolute Gasteiger partial charge is 0.491 e. The van der Waals surface area contributed by atoms with Crippen LogP contribution in [0.2, 0.25) is 0 Å². The van der Waals surface area contributed by atoms with Gasteiger partial charge in [-0.05, 0) is 36.4 Å².